The Morgan fingerprint density at radius 2 is 2.14 bits per heavy atom. The second kappa shape index (κ2) is 5.55. The molecule has 112 valence electrons. The van der Waals surface area contributed by atoms with Gasteiger partial charge in [0, 0.05) is 36.1 Å². The van der Waals surface area contributed by atoms with Crippen molar-refractivity contribution in [3.63, 3.8) is 0 Å². The lowest BCUT2D eigenvalue weighted by atomic mass is 9.94. The number of aromatic nitrogens is 1. The van der Waals surface area contributed by atoms with Gasteiger partial charge in [-0.15, -0.1) is 0 Å². The van der Waals surface area contributed by atoms with Crippen LogP contribution >= 0.6 is 0 Å². The number of rotatable bonds is 2. The highest BCUT2D eigenvalue weighted by Crippen LogP contribution is 2.29. The van der Waals surface area contributed by atoms with Gasteiger partial charge in [-0.25, -0.2) is 0 Å². The van der Waals surface area contributed by atoms with Crippen LogP contribution in [-0.2, 0) is 4.79 Å². The molecule has 1 aromatic heterocycles. The van der Waals surface area contributed by atoms with Gasteiger partial charge in [-0.2, -0.15) is 0 Å². The maximum Gasteiger partial charge on any atom is 0.225 e. The molecule has 0 bridgehead atoms. The zero-order chi connectivity index (χ0) is 15.0. The van der Waals surface area contributed by atoms with Crippen LogP contribution in [0.1, 0.15) is 43.9 Å². The number of amides is 1. The Morgan fingerprint density at radius 3 is 2.90 bits per heavy atom. The van der Waals surface area contributed by atoms with Gasteiger partial charge in [0.1, 0.15) is 0 Å². The van der Waals surface area contributed by atoms with Crippen LogP contribution in [-0.4, -0.2) is 28.9 Å². The lowest BCUT2D eigenvalue weighted by Gasteiger charge is -2.33. The van der Waals surface area contributed by atoms with Gasteiger partial charge < -0.3 is 9.88 Å². The molecule has 2 heterocycles. The highest BCUT2D eigenvalue weighted by molar-refractivity contribution is 5.81. The van der Waals surface area contributed by atoms with Crippen molar-refractivity contribution in [1.29, 1.82) is 0 Å². The molecule has 1 unspecified atom stereocenters. The molecule has 0 saturated carbocycles. The molecule has 1 aromatic carbocycles. The second-order valence-corrected chi connectivity index (χ2v) is 6.59. The molecule has 1 fully saturated rings. The Kier molecular flexibility index (Phi) is 3.75. The second-order valence-electron chi connectivity index (χ2n) is 6.59. The van der Waals surface area contributed by atoms with Crippen LogP contribution in [0.3, 0.4) is 0 Å². The smallest absolute Gasteiger partial charge is 0.225 e. The number of aromatic amines is 1. The lowest BCUT2D eigenvalue weighted by Crippen LogP contribution is -2.41. The molecule has 1 aliphatic rings. The van der Waals surface area contributed by atoms with E-state index in [1.807, 2.05) is 18.7 Å². The number of nitrogens with zero attached hydrogens (tertiary/aromatic N) is 1. The van der Waals surface area contributed by atoms with E-state index in [0.717, 1.165) is 25.9 Å². The summed E-state index contributed by atoms with van der Waals surface area (Å²) < 4.78 is 0. The van der Waals surface area contributed by atoms with E-state index in [4.69, 9.17) is 0 Å². The molecular weight excluding hydrogens is 260 g/mol. The maximum absolute atomic E-state index is 12.2. The third-order valence-corrected chi connectivity index (χ3v) is 4.46. The van der Waals surface area contributed by atoms with Crippen molar-refractivity contribution in [2.45, 2.75) is 39.5 Å². The van der Waals surface area contributed by atoms with Gasteiger partial charge in [-0.05, 0) is 43.4 Å². The number of benzene rings is 1. The van der Waals surface area contributed by atoms with Crippen molar-refractivity contribution in [3.05, 3.63) is 35.5 Å². The highest BCUT2D eigenvalue weighted by Gasteiger charge is 2.26. The van der Waals surface area contributed by atoms with Crippen LogP contribution in [0.15, 0.2) is 24.3 Å². The normalized spacial score (nSPS) is 19.4. The van der Waals surface area contributed by atoms with E-state index < -0.39 is 0 Å². The fourth-order valence-electron chi connectivity index (χ4n) is 3.29. The Labute approximate surface area is 126 Å². The first-order valence-electron chi connectivity index (χ1n) is 7.92. The quantitative estimate of drug-likeness (QED) is 0.893. The van der Waals surface area contributed by atoms with Crippen LogP contribution in [0, 0.1) is 12.8 Å². The topological polar surface area (TPSA) is 36.1 Å². The first-order valence-corrected chi connectivity index (χ1v) is 7.92. The molecule has 3 heteroatoms. The molecule has 1 saturated heterocycles. The number of piperidine rings is 1. The van der Waals surface area contributed by atoms with Gasteiger partial charge in [0.2, 0.25) is 5.91 Å². The lowest BCUT2D eigenvalue weighted by molar-refractivity contribution is -0.135. The summed E-state index contributed by atoms with van der Waals surface area (Å²) in [5, 5.41) is 1.28. The summed E-state index contributed by atoms with van der Waals surface area (Å²) in [7, 11) is 0. The first kappa shape index (κ1) is 14.2. The van der Waals surface area contributed by atoms with Crippen molar-refractivity contribution >= 4 is 16.8 Å². The zero-order valence-electron chi connectivity index (χ0n) is 13.1. The molecule has 1 N–H and O–H groups in total. The van der Waals surface area contributed by atoms with E-state index in [9.17, 15) is 4.79 Å². The molecular formula is C18H24N2O. The Hall–Kier alpha value is -1.77. The molecule has 21 heavy (non-hydrogen) atoms. The maximum atomic E-state index is 12.2. The fraction of sp³-hybridized carbons (Fsp3) is 0.500. The highest BCUT2D eigenvalue weighted by atomic mass is 16.2. The van der Waals surface area contributed by atoms with Crippen LogP contribution in [0.2, 0.25) is 0 Å². The van der Waals surface area contributed by atoms with E-state index in [0.29, 0.717) is 5.92 Å². The molecule has 0 spiro atoms. The molecule has 3 rings (SSSR count). The van der Waals surface area contributed by atoms with E-state index in [2.05, 4.69) is 36.2 Å². The van der Waals surface area contributed by atoms with Crippen LogP contribution in [0.25, 0.3) is 10.9 Å². The van der Waals surface area contributed by atoms with Gasteiger partial charge in [0.15, 0.2) is 0 Å². The summed E-state index contributed by atoms with van der Waals surface area (Å²) in [5.41, 5.74) is 3.76. The van der Waals surface area contributed by atoms with E-state index in [1.54, 1.807) is 0 Å². The largest absolute Gasteiger partial charge is 0.358 e. The standard InChI is InChI=1S/C18H24N2O/c1-12(2)18(21)20-8-4-5-14(11-20)17-10-15-9-13(3)6-7-16(15)19-17/h6-7,9-10,12,14,19H,4-5,8,11H2,1-3H3. The Bertz CT molecular complexity index is 656. The summed E-state index contributed by atoms with van der Waals surface area (Å²) in [6.45, 7) is 7.85. The SMILES string of the molecule is Cc1ccc2[nH]c(C3CCCN(C(=O)C(C)C)C3)cc2c1. The molecule has 1 aliphatic heterocycles. The molecule has 3 nitrogen and oxygen atoms in total. The van der Waals surface area contributed by atoms with Crippen molar-refractivity contribution in [2.75, 3.05) is 13.1 Å². The predicted molar refractivity (Wildman–Crippen MR) is 86.4 cm³/mol. The molecule has 1 atom stereocenters. The van der Waals surface area contributed by atoms with Crippen LogP contribution < -0.4 is 0 Å². The Balaban J connectivity index is 1.83. The van der Waals surface area contributed by atoms with E-state index in [-0.39, 0.29) is 11.8 Å². The van der Waals surface area contributed by atoms with Crippen molar-refractivity contribution in [2.24, 2.45) is 5.92 Å². The molecule has 0 aliphatic carbocycles. The minimum Gasteiger partial charge on any atom is -0.358 e. The summed E-state index contributed by atoms with van der Waals surface area (Å²) >= 11 is 0. The number of hydrogen-bond acceptors (Lipinski definition) is 1. The Morgan fingerprint density at radius 1 is 1.33 bits per heavy atom. The van der Waals surface area contributed by atoms with Crippen molar-refractivity contribution in [3.8, 4) is 0 Å². The number of fused-ring (bicyclic) bond motifs is 1. The third-order valence-electron chi connectivity index (χ3n) is 4.46. The summed E-state index contributed by atoms with van der Waals surface area (Å²) in [6, 6.07) is 8.76. The minimum absolute atomic E-state index is 0.0918. The molecule has 1 amide bonds. The molecule has 0 radical (unpaired) electrons. The zero-order valence-corrected chi connectivity index (χ0v) is 13.1. The number of nitrogens with one attached hydrogen (secondary N) is 1. The number of hydrogen-bond donors (Lipinski definition) is 1. The number of H-pyrrole nitrogens is 1. The predicted octanol–water partition coefficient (Wildman–Crippen LogP) is 3.84. The van der Waals surface area contributed by atoms with Gasteiger partial charge in [-0.1, -0.05) is 25.5 Å². The van der Waals surface area contributed by atoms with E-state index in [1.165, 1.54) is 22.2 Å². The van der Waals surface area contributed by atoms with Crippen molar-refractivity contribution in [1.82, 2.24) is 9.88 Å². The summed E-state index contributed by atoms with van der Waals surface area (Å²) in [4.78, 5) is 17.8. The number of carbonyl (C=O) groups is 1. The van der Waals surface area contributed by atoms with Gasteiger partial charge in [0.05, 0.1) is 0 Å². The average molecular weight is 284 g/mol. The fourth-order valence-corrected chi connectivity index (χ4v) is 3.29. The average Bonchev–Trinajstić information content (AvgIpc) is 2.89. The van der Waals surface area contributed by atoms with Gasteiger partial charge >= 0.3 is 0 Å². The minimum atomic E-state index is 0.0918. The van der Waals surface area contributed by atoms with E-state index >= 15 is 0 Å². The van der Waals surface area contributed by atoms with Crippen molar-refractivity contribution < 1.29 is 4.79 Å². The summed E-state index contributed by atoms with van der Waals surface area (Å²) in [5.74, 6) is 0.815. The number of aryl methyl sites for hydroxylation is 1. The van der Waals surface area contributed by atoms with Gasteiger partial charge in [0.25, 0.3) is 0 Å². The van der Waals surface area contributed by atoms with Gasteiger partial charge in [-0.3, -0.25) is 4.79 Å². The molecule has 2 aromatic rings. The van der Waals surface area contributed by atoms with Crippen LogP contribution in [0.4, 0.5) is 0 Å². The monoisotopic (exact) mass is 284 g/mol. The first-order chi connectivity index (χ1) is 10.0. The third kappa shape index (κ3) is 2.82. The number of carbonyl (C=O) groups excluding carboxylic acids is 1. The van der Waals surface area contributed by atoms with Crippen LogP contribution in [0.5, 0.6) is 0 Å². The number of likely N-dealkylation sites (tertiary alicyclic amines) is 1. The summed E-state index contributed by atoms with van der Waals surface area (Å²) in [6.07, 6.45) is 2.26.